The Morgan fingerprint density at radius 2 is 2.38 bits per heavy atom. The topological polar surface area (TPSA) is 51.0 Å². The third kappa shape index (κ3) is 2.39. The Kier molecular flexibility index (Phi) is 3.19. The van der Waals surface area contributed by atoms with Crippen molar-refractivity contribution in [3.05, 3.63) is 30.6 Å². The third-order valence-electron chi connectivity index (χ3n) is 2.46. The van der Waals surface area contributed by atoms with E-state index in [4.69, 9.17) is 4.52 Å². The van der Waals surface area contributed by atoms with Crippen LogP contribution in [-0.2, 0) is 0 Å². The van der Waals surface area contributed by atoms with Crippen molar-refractivity contribution in [3.8, 4) is 11.3 Å². The van der Waals surface area contributed by atoms with Crippen LogP contribution in [0.15, 0.2) is 35.1 Å². The van der Waals surface area contributed by atoms with Gasteiger partial charge in [-0.3, -0.25) is 4.98 Å². The van der Waals surface area contributed by atoms with Crippen molar-refractivity contribution in [2.75, 3.05) is 5.32 Å². The molecule has 0 saturated carbocycles. The maximum absolute atomic E-state index is 5.24. The van der Waals surface area contributed by atoms with Crippen LogP contribution in [0.1, 0.15) is 20.3 Å². The average molecular weight is 217 g/mol. The number of rotatable bonds is 4. The van der Waals surface area contributed by atoms with Crippen molar-refractivity contribution in [1.29, 1.82) is 0 Å². The number of pyridine rings is 1. The highest BCUT2D eigenvalue weighted by Crippen LogP contribution is 2.21. The van der Waals surface area contributed by atoms with Crippen LogP contribution >= 0.6 is 0 Å². The van der Waals surface area contributed by atoms with Gasteiger partial charge in [-0.05, 0) is 25.5 Å². The summed E-state index contributed by atoms with van der Waals surface area (Å²) in [5, 5.41) is 7.22. The summed E-state index contributed by atoms with van der Waals surface area (Å²) in [6.07, 6.45) is 4.54. The van der Waals surface area contributed by atoms with E-state index in [0.717, 1.165) is 23.6 Å². The number of anilines is 1. The fourth-order valence-electron chi connectivity index (χ4n) is 1.34. The van der Waals surface area contributed by atoms with Crippen LogP contribution in [0.3, 0.4) is 0 Å². The van der Waals surface area contributed by atoms with Crippen molar-refractivity contribution in [2.45, 2.75) is 26.3 Å². The van der Waals surface area contributed by atoms with Gasteiger partial charge >= 0.3 is 0 Å². The van der Waals surface area contributed by atoms with Gasteiger partial charge in [0.25, 0.3) is 0 Å². The lowest BCUT2D eigenvalue weighted by molar-refractivity contribution is 0.434. The van der Waals surface area contributed by atoms with E-state index >= 15 is 0 Å². The molecule has 4 heteroatoms. The molecule has 0 fully saturated rings. The minimum atomic E-state index is 0.395. The van der Waals surface area contributed by atoms with Gasteiger partial charge in [-0.2, -0.15) is 0 Å². The van der Waals surface area contributed by atoms with Gasteiger partial charge in [0.15, 0.2) is 11.6 Å². The Hall–Kier alpha value is -1.84. The van der Waals surface area contributed by atoms with Gasteiger partial charge in [-0.25, -0.2) is 0 Å². The van der Waals surface area contributed by atoms with Gasteiger partial charge in [0, 0.05) is 30.1 Å². The largest absolute Gasteiger partial charge is 0.365 e. The predicted molar refractivity (Wildman–Crippen MR) is 63.1 cm³/mol. The monoisotopic (exact) mass is 217 g/mol. The van der Waals surface area contributed by atoms with Gasteiger partial charge < -0.3 is 9.84 Å². The van der Waals surface area contributed by atoms with E-state index in [1.165, 1.54) is 0 Å². The summed E-state index contributed by atoms with van der Waals surface area (Å²) in [6, 6.07) is 6.11. The molecule has 0 aliphatic rings. The fourth-order valence-corrected chi connectivity index (χ4v) is 1.34. The zero-order chi connectivity index (χ0) is 11.4. The van der Waals surface area contributed by atoms with E-state index < -0.39 is 0 Å². The molecular formula is C12H15N3O. The Labute approximate surface area is 94.7 Å². The lowest BCUT2D eigenvalue weighted by atomic mass is 10.2. The van der Waals surface area contributed by atoms with Crippen molar-refractivity contribution < 1.29 is 4.52 Å². The van der Waals surface area contributed by atoms with Crippen LogP contribution in [0, 0.1) is 0 Å². The Morgan fingerprint density at radius 1 is 1.50 bits per heavy atom. The van der Waals surface area contributed by atoms with Crippen molar-refractivity contribution in [2.24, 2.45) is 0 Å². The first-order valence-electron chi connectivity index (χ1n) is 5.43. The summed E-state index contributed by atoms with van der Waals surface area (Å²) in [5.74, 6) is 1.51. The van der Waals surface area contributed by atoms with Gasteiger partial charge in [0.2, 0.25) is 0 Å². The summed E-state index contributed by atoms with van der Waals surface area (Å²) in [5.41, 5.74) is 0.937. The van der Waals surface area contributed by atoms with Crippen LogP contribution in [0.4, 0.5) is 5.82 Å². The Bertz CT molecular complexity index is 439. The molecule has 84 valence electrons. The molecule has 1 unspecified atom stereocenters. The van der Waals surface area contributed by atoms with Crippen molar-refractivity contribution >= 4 is 5.82 Å². The normalized spacial score (nSPS) is 12.4. The molecule has 16 heavy (non-hydrogen) atoms. The summed E-state index contributed by atoms with van der Waals surface area (Å²) >= 11 is 0. The molecule has 1 atom stereocenters. The molecule has 1 N–H and O–H groups in total. The summed E-state index contributed by atoms with van der Waals surface area (Å²) in [6.45, 7) is 4.23. The highest BCUT2D eigenvalue weighted by atomic mass is 16.5. The first-order valence-corrected chi connectivity index (χ1v) is 5.43. The molecule has 0 aromatic carbocycles. The molecule has 2 aromatic rings. The molecule has 0 aliphatic carbocycles. The minimum absolute atomic E-state index is 0.395. The summed E-state index contributed by atoms with van der Waals surface area (Å²) < 4.78 is 5.24. The maximum atomic E-state index is 5.24. The molecule has 2 heterocycles. The smallest absolute Gasteiger partial charge is 0.170 e. The standard InChI is InChI=1S/C12H15N3O/c1-3-9(2)14-12-7-11(16-15-12)10-5-4-6-13-8-10/h4-9H,3H2,1-2H3,(H,14,15). The van der Waals surface area contributed by atoms with E-state index in [2.05, 4.69) is 29.3 Å². The predicted octanol–water partition coefficient (Wildman–Crippen LogP) is 2.95. The molecule has 2 rings (SSSR count). The van der Waals surface area contributed by atoms with E-state index in [-0.39, 0.29) is 0 Å². The molecule has 0 amide bonds. The first-order chi connectivity index (χ1) is 7.79. The first kappa shape index (κ1) is 10.7. The number of hydrogen-bond acceptors (Lipinski definition) is 4. The minimum Gasteiger partial charge on any atom is -0.365 e. The van der Waals surface area contributed by atoms with Gasteiger partial charge in [-0.1, -0.05) is 12.1 Å². The number of nitrogens with one attached hydrogen (secondary N) is 1. The van der Waals surface area contributed by atoms with E-state index in [9.17, 15) is 0 Å². The number of hydrogen-bond donors (Lipinski definition) is 1. The molecule has 0 radical (unpaired) electrons. The van der Waals surface area contributed by atoms with E-state index in [1.807, 2.05) is 18.2 Å². The number of aromatic nitrogens is 2. The summed E-state index contributed by atoms with van der Waals surface area (Å²) in [4.78, 5) is 4.04. The maximum Gasteiger partial charge on any atom is 0.170 e. The lowest BCUT2D eigenvalue weighted by Crippen LogP contribution is -2.13. The molecule has 0 saturated heterocycles. The van der Waals surface area contributed by atoms with Crippen molar-refractivity contribution in [1.82, 2.24) is 10.1 Å². The van der Waals surface area contributed by atoms with Gasteiger partial charge in [0.05, 0.1) is 0 Å². The molecule has 0 bridgehead atoms. The van der Waals surface area contributed by atoms with Crippen LogP contribution in [0.5, 0.6) is 0 Å². The highest BCUT2D eigenvalue weighted by molar-refractivity contribution is 5.59. The summed E-state index contributed by atoms with van der Waals surface area (Å²) in [7, 11) is 0. The number of nitrogens with zero attached hydrogens (tertiary/aromatic N) is 2. The Morgan fingerprint density at radius 3 is 3.06 bits per heavy atom. The second-order valence-electron chi connectivity index (χ2n) is 3.77. The molecule has 2 aromatic heterocycles. The molecule has 0 aliphatic heterocycles. The lowest BCUT2D eigenvalue weighted by Gasteiger charge is -2.07. The van der Waals surface area contributed by atoms with Gasteiger partial charge in [-0.15, -0.1) is 0 Å². The van der Waals surface area contributed by atoms with E-state index in [0.29, 0.717) is 6.04 Å². The molecule has 0 spiro atoms. The fraction of sp³-hybridized carbons (Fsp3) is 0.333. The van der Waals surface area contributed by atoms with Crippen LogP contribution in [-0.4, -0.2) is 16.2 Å². The molecular weight excluding hydrogens is 202 g/mol. The second kappa shape index (κ2) is 4.79. The Balaban J connectivity index is 2.14. The zero-order valence-corrected chi connectivity index (χ0v) is 9.47. The van der Waals surface area contributed by atoms with E-state index in [1.54, 1.807) is 12.4 Å². The average Bonchev–Trinajstić information content (AvgIpc) is 2.78. The SMILES string of the molecule is CCC(C)Nc1cc(-c2cccnc2)on1. The van der Waals surface area contributed by atoms with Crippen molar-refractivity contribution in [3.63, 3.8) is 0 Å². The third-order valence-corrected chi connectivity index (χ3v) is 2.46. The van der Waals surface area contributed by atoms with Crippen LogP contribution in [0.2, 0.25) is 0 Å². The van der Waals surface area contributed by atoms with Gasteiger partial charge in [0.1, 0.15) is 0 Å². The zero-order valence-electron chi connectivity index (χ0n) is 9.47. The highest BCUT2D eigenvalue weighted by Gasteiger charge is 2.07. The molecule has 4 nitrogen and oxygen atoms in total. The van der Waals surface area contributed by atoms with Crippen LogP contribution < -0.4 is 5.32 Å². The quantitative estimate of drug-likeness (QED) is 0.855. The second-order valence-corrected chi connectivity index (χ2v) is 3.77. The van der Waals surface area contributed by atoms with Crippen LogP contribution in [0.25, 0.3) is 11.3 Å².